The molecule has 142 valence electrons. The number of amides is 2. The minimum absolute atomic E-state index is 0.0838. The quantitative estimate of drug-likeness (QED) is 0.878. The Morgan fingerprint density at radius 3 is 2.37 bits per heavy atom. The molecule has 2 aromatic rings. The van der Waals surface area contributed by atoms with E-state index < -0.39 is 0 Å². The van der Waals surface area contributed by atoms with E-state index in [0.29, 0.717) is 36.9 Å². The lowest BCUT2D eigenvalue weighted by molar-refractivity contribution is -0.117. The average Bonchev–Trinajstić information content (AvgIpc) is 2.63. The third-order valence-electron chi connectivity index (χ3n) is 4.48. The number of benzene rings is 2. The molecule has 0 bridgehead atoms. The van der Waals surface area contributed by atoms with Crippen LogP contribution < -0.4 is 19.7 Å². The topological polar surface area (TPSA) is 67.9 Å². The summed E-state index contributed by atoms with van der Waals surface area (Å²) in [6.07, 6.45) is 0.196. The van der Waals surface area contributed by atoms with Crippen LogP contribution in [0.15, 0.2) is 36.4 Å². The smallest absolute Gasteiger partial charge is 0.226 e. The van der Waals surface area contributed by atoms with Crippen LogP contribution >= 0.6 is 0 Å². The second-order valence-electron chi connectivity index (χ2n) is 6.57. The Morgan fingerprint density at radius 2 is 1.70 bits per heavy atom. The van der Waals surface area contributed by atoms with Gasteiger partial charge in [-0.25, -0.2) is 0 Å². The van der Waals surface area contributed by atoms with Crippen molar-refractivity contribution in [3.05, 3.63) is 47.5 Å². The highest BCUT2D eigenvalue weighted by molar-refractivity contribution is 5.96. The van der Waals surface area contributed by atoms with Gasteiger partial charge < -0.3 is 19.7 Å². The molecule has 0 atom stereocenters. The van der Waals surface area contributed by atoms with Gasteiger partial charge in [-0.05, 0) is 37.1 Å². The molecule has 3 rings (SSSR count). The van der Waals surface area contributed by atoms with Gasteiger partial charge in [-0.15, -0.1) is 0 Å². The third-order valence-corrected chi connectivity index (χ3v) is 4.48. The first-order valence-electron chi connectivity index (χ1n) is 8.99. The van der Waals surface area contributed by atoms with Gasteiger partial charge in [0, 0.05) is 37.3 Å². The number of fused-ring (bicyclic) bond motifs is 1. The zero-order valence-corrected chi connectivity index (χ0v) is 15.9. The third kappa shape index (κ3) is 4.39. The number of hydrogen-bond donors (Lipinski definition) is 1. The molecule has 2 aromatic carbocycles. The van der Waals surface area contributed by atoms with Gasteiger partial charge in [0.15, 0.2) is 11.5 Å². The van der Waals surface area contributed by atoms with Crippen LogP contribution in [0.2, 0.25) is 0 Å². The summed E-state index contributed by atoms with van der Waals surface area (Å²) in [7, 11) is 0. The Morgan fingerprint density at radius 1 is 1.04 bits per heavy atom. The van der Waals surface area contributed by atoms with Crippen LogP contribution in [0.3, 0.4) is 0 Å². The van der Waals surface area contributed by atoms with Crippen LogP contribution in [0.4, 0.5) is 11.4 Å². The molecule has 0 fully saturated rings. The van der Waals surface area contributed by atoms with Crippen LogP contribution in [0.5, 0.6) is 11.5 Å². The van der Waals surface area contributed by atoms with Gasteiger partial charge in [0.2, 0.25) is 11.8 Å². The van der Waals surface area contributed by atoms with Crippen LogP contribution in [0.1, 0.15) is 24.5 Å². The number of para-hydroxylation sites is 1. The molecule has 0 saturated heterocycles. The largest absolute Gasteiger partial charge is 0.486 e. The summed E-state index contributed by atoms with van der Waals surface area (Å²) in [5.74, 6) is 1.06. The molecule has 1 heterocycles. The van der Waals surface area contributed by atoms with Crippen molar-refractivity contribution in [3.63, 3.8) is 0 Å². The summed E-state index contributed by atoms with van der Waals surface area (Å²) in [5.41, 5.74) is 3.54. The number of ether oxygens (including phenoxy) is 2. The van der Waals surface area contributed by atoms with Crippen molar-refractivity contribution < 1.29 is 19.1 Å². The molecule has 2 amide bonds. The van der Waals surface area contributed by atoms with Gasteiger partial charge in [0.05, 0.1) is 0 Å². The number of hydrogen-bond acceptors (Lipinski definition) is 4. The molecule has 0 spiro atoms. The zero-order chi connectivity index (χ0) is 19.4. The summed E-state index contributed by atoms with van der Waals surface area (Å²) in [6, 6.07) is 11.2. The molecule has 0 radical (unpaired) electrons. The maximum absolute atomic E-state index is 12.4. The molecule has 1 N–H and O–H groups in total. The second-order valence-corrected chi connectivity index (χ2v) is 6.57. The number of anilines is 2. The van der Waals surface area contributed by atoms with Crippen molar-refractivity contribution in [1.29, 1.82) is 0 Å². The minimum Gasteiger partial charge on any atom is -0.486 e. The molecule has 1 aliphatic rings. The summed E-state index contributed by atoms with van der Waals surface area (Å²) < 4.78 is 11.0. The maximum Gasteiger partial charge on any atom is 0.226 e. The van der Waals surface area contributed by atoms with E-state index in [2.05, 4.69) is 5.32 Å². The number of aryl methyl sites for hydroxylation is 2. The van der Waals surface area contributed by atoms with Crippen molar-refractivity contribution >= 4 is 23.2 Å². The first-order valence-corrected chi connectivity index (χ1v) is 8.99. The lowest BCUT2D eigenvalue weighted by atomic mass is 10.1. The lowest BCUT2D eigenvalue weighted by Gasteiger charge is -2.25. The van der Waals surface area contributed by atoms with E-state index in [1.54, 1.807) is 23.1 Å². The fourth-order valence-corrected chi connectivity index (χ4v) is 3.22. The first-order chi connectivity index (χ1) is 13.0. The number of rotatable bonds is 5. The summed E-state index contributed by atoms with van der Waals surface area (Å²) >= 11 is 0. The van der Waals surface area contributed by atoms with Crippen molar-refractivity contribution in [2.24, 2.45) is 0 Å². The maximum atomic E-state index is 12.4. The molecular weight excluding hydrogens is 344 g/mol. The van der Waals surface area contributed by atoms with E-state index in [1.807, 2.05) is 32.0 Å². The van der Waals surface area contributed by atoms with Crippen molar-refractivity contribution in [1.82, 2.24) is 0 Å². The highest BCUT2D eigenvalue weighted by Crippen LogP contribution is 2.32. The normalized spacial score (nSPS) is 12.4. The fraction of sp³-hybridized carbons (Fsp3) is 0.333. The molecule has 6 nitrogen and oxygen atoms in total. The molecular formula is C21H24N2O4. The van der Waals surface area contributed by atoms with Crippen molar-refractivity contribution in [3.8, 4) is 11.5 Å². The zero-order valence-electron chi connectivity index (χ0n) is 15.9. The van der Waals surface area contributed by atoms with Crippen LogP contribution in [0.25, 0.3) is 0 Å². The predicted molar refractivity (Wildman–Crippen MR) is 105 cm³/mol. The van der Waals surface area contributed by atoms with Gasteiger partial charge in [0.1, 0.15) is 13.2 Å². The van der Waals surface area contributed by atoms with E-state index in [0.717, 1.165) is 16.8 Å². The standard InChI is InChI=1S/C21H24N2O4/c1-14-5-4-6-15(2)21(14)23(16(3)24)10-9-20(25)22-17-7-8-18-19(13-17)27-12-11-26-18/h4-8,13H,9-12H2,1-3H3,(H,22,25). The number of carbonyl (C=O) groups excluding carboxylic acids is 2. The van der Waals surface area contributed by atoms with Gasteiger partial charge in [-0.3, -0.25) is 9.59 Å². The van der Waals surface area contributed by atoms with Crippen molar-refractivity contribution in [2.75, 3.05) is 30.0 Å². The molecule has 0 saturated carbocycles. The molecule has 0 aromatic heterocycles. The first kappa shape index (κ1) is 18.8. The fourth-order valence-electron chi connectivity index (χ4n) is 3.22. The van der Waals surface area contributed by atoms with Crippen LogP contribution in [0, 0.1) is 13.8 Å². The summed E-state index contributed by atoms with van der Waals surface area (Å²) in [5, 5.41) is 2.85. The summed E-state index contributed by atoms with van der Waals surface area (Å²) in [6.45, 7) is 6.79. The van der Waals surface area contributed by atoms with Gasteiger partial charge in [0.25, 0.3) is 0 Å². The SMILES string of the molecule is CC(=O)N(CCC(=O)Nc1ccc2c(c1)OCCO2)c1c(C)cccc1C. The van der Waals surface area contributed by atoms with Gasteiger partial charge in [-0.2, -0.15) is 0 Å². The van der Waals surface area contributed by atoms with Gasteiger partial charge in [-0.1, -0.05) is 18.2 Å². The van der Waals surface area contributed by atoms with Crippen molar-refractivity contribution in [2.45, 2.75) is 27.2 Å². The van der Waals surface area contributed by atoms with Gasteiger partial charge >= 0.3 is 0 Å². The Hall–Kier alpha value is -3.02. The minimum atomic E-state index is -0.163. The van der Waals surface area contributed by atoms with E-state index in [-0.39, 0.29) is 18.2 Å². The lowest BCUT2D eigenvalue weighted by Crippen LogP contribution is -2.33. The number of nitrogens with one attached hydrogen (secondary N) is 1. The number of carbonyl (C=O) groups is 2. The van der Waals surface area contributed by atoms with E-state index in [9.17, 15) is 9.59 Å². The molecule has 1 aliphatic heterocycles. The monoisotopic (exact) mass is 368 g/mol. The molecule has 0 aliphatic carbocycles. The van der Waals surface area contributed by atoms with Crippen LogP contribution in [-0.2, 0) is 9.59 Å². The molecule has 6 heteroatoms. The molecule has 0 unspecified atom stereocenters. The average molecular weight is 368 g/mol. The summed E-state index contributed by atoms with van der Waals surface area (Å²) in [4.78, 5) is 26.2. The Labute approximate surface area is 159 Å². The highest BCUT2D eigenvalue weighted by Gasteiger charge is 2.18. The van der Waals surface area contributed by atoms with Crippen LogP contribution in [-0.4, -0.2) is 31.6 Å². The van der Waals surface area contributed by atoms with E-state index in [4.69, 9.17) is 9.47 Å². The number of nitrogens with zero attached hydrogens (tertiary/aromatic N) is 1. The second kappa shape index (κ2) is 8.12. The Kier molecular flexibility index (Phi) is 5.64. The predicted octanol–water partition coefficient (Wildman–Crippen LogP) is 3.46. The van der Waals surface area contributed by atoms with E-state index in [1.165, 1.54) is 6.92 Å². The molecule has 27 heavy (non-hydrogen) atoms. The Balaban J connectivity index is 1.66. The van der Waals surface area contributed by atoms with E-state index >= 15 is 0 Å². The highest BCUT2D eigenvalue weighted by atomic mass is 16.6. The Bertz CT molecular complexity index is 843.